The molecule has 0 aromatic heterocycles. The second-order valence-electron chi connectivity index (χ2n) is 8.84. The molecule has 0 unspecified atom stereocenters. The maximum Gasteiger partial charge on any atom is 0.244 e. The fourth-order valence-electron chi connectivity index (χ4n) is 3.42. The van der Waals surface area contributed by atoms with Gasteiger partial charge in [0, 0.05) is 17.6 Å². The van der Waals surface area contributed by atoms with Crippen LogP contribution in [-0.4, -0.2) is 57.1 Å². The van der Waals surface area contributed by atoms with Gasteiger partial charge in [0.25, 0.3) is 0 Å². The average molecular weight is 553 g/mol. The van der Waals surface area contributed by atoms with Crippen LogP contribution >= 0.6 is 15.9 Å². The minimum atomic E-state index is -3.74. The summed E-state index contributed by atoms with van der Waals surface area (Å²) in [5.74, 6) is -0.430. The quantitative estimate of drug-likeness (QED) is 0.460. The number of hydrogen-bond acceptors (Lipinski definition) is 4. The summed E-state index contributed by atoms with van der Waals surface area (Å²) >= 11 is 3.42. The summed E-state index contributed by atoms with van der Waals surface area (Å²) in [6.45, 7) is 7.90. The highest BCUT2D eigenvalue weighted by Crippen LogP contribution is 2.25. The van der Waals surface area contributed by atoms with E-state index in [2.05, 4.69) is 21.2 Å². The summed E-state index contributed by atoms with van der Waals surface area (Å²) in [7, 11) is -3.74. The SMILES string of the molecule is Cc1cc(N(CC(=O)N(CCc2ccccc2)[C@@H](C)C(=O)NCC(C)C)S(C)(=O)=O)ccc1Br. The molecule has 1 N–H and O–H groups in total. The van der Waals surface area contributed by atoms with Crippen molar-refractivity contribution >= 4 is 43.5 Å². The van der Waals surface area contributed by atoms with E-state index in [1.54, 1.807) is 25.1 Å². The molecule has 2 rings (SSSR count). The summed E-state index contributed by atoms with van der Waals surface area (Å²) in [5, 5.41) is 2.87. The lowest BCUT2D eigenvalue weighted by atomic mass is 10.1. The summed E-state index contributed by atoms with van der Waals surface area (Å²) < 4.78 is 27.2. The van der Waals surface area contributed by atoms with Gasteiger partial charge in [-0.05, 0) is 55.5 Å². The average Bonchev–Trinajstić information content (AvgIpc) is 2.77. The number of benzene rings is 2. The molecule has 34 heavy (non-hydrogen) atoms. The lowest BCUT2D eigenvalue weighted by molar-refractivity contribution is -0.138. The highest BCUT2D eigenvalue weighted by Gasteiger charge is 2.29. The van der Waals surface area contributed by atoms with Gasteiger partial charge in [-0.1, -0.05) is 60.1 Å². The Morgan fingerprint density at radius 1 is 1.06 bits per heavy atom. The minimum Gasteiger partial charge on any atom is -0.354 e. The van der Waals surface area contributed by atoms with Gasteiger partial charge in [-0.15, -0.1) is 0 Å². The van der Waals surface area contributed by atoms with Crippen molar-refractivity contribution in [1.82, 2.24) is 10.2 Å². The molecular formula is C25H34BrN3O4S. The molecule has 0 saturated carbocycles. The van der Waals surface area contributed by atoms with Crippen LogP contribution in [0.5, 0.6) is 0 Å². The highest BCUT2D eigenvalue weighted by molar-refractivity contribution is 9.10. The molecule has 9 heteroatoms. The third kappa shape index (κ3) is 8.13. The number of carbonyl (C=O) groups is 2. The molecule has 0 aliphatic rings. The van der Waals surface area contributed by atoms with Gasteiger partial charge in [0.1, 0.15) is 12.6 Å². The number of amides is 2. The molecule has 0 radical (unpaired) electrons. The Hall–Kier alpha value is -2.39. The number of nitrogens with one attached hydrogen (secondary N) is 1. The first kappa shape index (κ1) is 27.9. The Labute approximate surface area is 211 Å². The molecule has 0 saturated heterocycles. The summed E-state index contributed by atoms with van der Waals surface area (Å²) in [6, 6.07) is 14.0. The van der Waals surface area contributed by atoms with Crippen molar-refractivity contribution in [2.75, 3.05) is 30.2 Å². The van der Waals surface area contributed by atoms with Crippen LogP contribution in [-0.2, 0) is 26.0 Å². The minimum absolute atomic E-state index is 0.263. The van der Waals surface area contributed by atoms with Gasteiger partial charge in [0.05, 0.1) is 11.9 Å². The van der Waals surface area contributed by atoms with Crippen LogP contribution in [0.25, 0.3) is 0 Å². The first-order chi connectivity index (χ1) is 15.9. The monoisotopic (exact) mass is 551 g/mol. The van der Waals surface area contributed by atoms with E-state index in [1.165, 1.54) is 4.90 Å². The van der Waals surface area contributed by atoms with E-state index >= 15 is 0 Å². The van der Waals surface area contributed by atoms with Crippen LogP contribution in [0.4, 0.5) is 5.69 Å². The van der Waals surface area contributed by atoms with Gasteiger partial charge in [0.2, 0.25) is 21.8 Å². The molecule has 1 atom stereocenters. The highest BCUT2D eigenvalue weighted by atomic mass is 79.9. The number of halogens is 1. The molecule has 0 aliphatic heterocycles. The Morgan fingerprint density at radius 2 is 1.71 bits per heavy atom. The van der Waals surface area contributed by atoms with Crippen LogP contribution in [0.1, 0.15) is 31.9 Å². The van der Waals surface area contributed by atoms with Crippen molar-refractivity contribution in [2.45, 2.75) is 40.2 Å². The first-order valence-electron chi connectivity index (χ1n) is 11.2. The zero-order chi connectivity index (χ0) is 25.5. The number of sulfonamides is 1. The number of rotatable bonds is 11. The Balaban J connectivity index is 2.31. The largest absolute Gasteiger partial charge is 0.354 e. The van der Waals surface area contributed by atoms with Gasteiger partial charge < -0.3 is 10.2 Å². The van der Waals surface area contributed by atoms with E-state index in [-0.39, 0.29) is 18.4 Å². The standard InChI is InChI=1S/C25H34BrN3O4S/c1-18(2)16-27-25(31)20(4)28(14-13-21-9-7-6-8-10-21)24(30)17-29(34(5,32)33)22-11-12-23(26)19(3)15-22/h6-12,15,18,20H,13-14,16-17H2,1-5H3,(H,27,31)/t20-/m0/s1. The van der Waals surface area contributed by atoms with Gasteiger partial charge >= 0.3 is 0 Å². The fourth-order valence-corrected chi connectivity index (χ4v) is 4.51. The second-order valence-corrected chi connectivity index (χ2v) is 11.6. The maximum absolute atomic E-state index is 13.5. The molecule has 0 spiro atoms. The molecule has 2 aromatic rings. The third-order valence-electron chi connectivity index (χ3n) is 5.44. The van der Waals surface area contributed by atoms with Crippen molar-refractivity contribution in [2.24, 2.45) is 5.92 Å². The topological polar surface area (TPSA) is 86.8 Å². The van der Waals surface area contributed by atoms with Crippen LogP contribution in [0.15, 0.2) is 53.0 Å². The molecule has 7 nitrogen and oxygen atoms in total. The second kappa shape index (κ2) is 12.4. The van der Waals surface area contributed by atoms with E-state index in [1.807, 2.05) is 51.1 Å². The lowest BCUT2D eigenvalue weighted by Gasteiger charge is -2.31. The van der Waals surface area contributed by atoms with Gasteiger partial charge in [0.15, 0.2) is 0 Å². The molecule has 186 valence electrons. The van der Waals surface area contributed by atoms with Gasteiger partial charge in [-0.2, -0.15) is 0 Å². The number of aryl methyl sites for hydroxylation is 1. The van der Waals surface area contributed by atoms with Gasteiger partial charge in [-0.3, -0.25) is 13.9 Å². The fraction of sp³-hybridized carbons (Fsp3) is 0.440. The number of hydrogen-bond donors (Lipinski definition) is 1. The van der Waals surface area contributed by atoms with Crippen LogP contribution in [0.2, 0.25) is 0 Å². The van der Waals surface area contributed by atoms with Crippen molar-refractivity contribution in [3.8, 4) is 0 Å². The van der Waals surface area contributed by atoms with Crippen molar-refractivity contribution < 1.29 is 18.0 Å². The number of nitrogens with zero attached hydrogens (tertiary/aromatic N) is 2. The molecular weight excluding hydrogens is 518 g/mol. The van der Waals surface area contributed by atoms with Gasteiger partial charge in [-0.25, -0.2) is 8.42 Å². The number of carbonyl (C=O) groups excluding carboxylic acids is 2. The zero-order valence-corrected chi connectivity index (χ0v) is 22.8. The first-order valence-corrected chi connectivity index (χ1v) is 13.9. The van der Waals surface area contributed by atoms with E-state index in [4.69, 9.17) is 0 Å². The summed E-state index contributed by atoms with van der Waals surface area (Å²) in [6.07, 6.45) is 1.62. The van der Waals surface area contributed by atoms with Crippen molar-refractivity contribution in [3.05, 3.63) is 64.1 Å². The third-order valence-corrected chi connectivity index (χ3v) is 7.48. The van der Waals surface area contributed by atoms with Crippen molar-refractivity contribution in [3.63, 3.8) is 0 Å². The summed E-state index contributed by atoms with van der Waals surface area (Å²) in [4.78, 5) is 27.7. The smallest absolute Gasteiger partial charge is 0.244 e. The molecule has 0 aliphatic carbocycles. The van der Waals surface area contributed by atoms with Crippen LogP contribution in [0, 0.1) is 12.8 Å². The molecule has 0 fully saturated rings. The van der Waals surface area contributed by atoms with E-state index in [0.717, 1.165) is 26.2 Å². The van der Waals surface area contributed by atoms with Crippen molar-refractivity contribution in [1.29, 1.82) is 0 Å². The lowest BCUT2D eigenvalue weighted by Crippen LogP contribution is -2.52. The normalized spacial score (nSPS) is 12.3. The predicted octanol–water partition coefficient (Wildman–Crippen LogP) is 3.76. The molecule has 0 heterocycles. The molecule has 0 bridgehead atoms. The predicted molar refractivity (Wildman–Crippen MR) is 140 cm³/mol. The van der Waals surface area contributed by atoms with E-state index < -0.39 is 28.5 Å². The number of anilines is 1. The zero-order valence-electron chi connectivity index (χ0n) is 20.4. The van der Waals surface area contributed by atoms with E-state index in [0.29, 0.717) is 18.7 Å². The molecule has 2 amide bonds. The maximum atomic E-state index is 13.5. The molecule has 2 aromatic carbocycles. The summed E-state index contributed by atoms with van der Waals surface area (Å²) in [5.41, 5.74) is 2.27. The van der Waals surface area contributed by atoms with E-state index in [9.17, 15) is 18.0 Å². The Bertz CT molecular complexity index is 1090. The van der Waals surface area contributed by atoms with Crippen LogP contribution in [0.3, 0.4) is 0 Å². The Kier molecular flexibility index (Phi) is 10.1. The van der Waals surface area contributed by atoms with Crippen LogP contribution < -0.4 is 9.62 Å². The Morgan fingerprint density at radius 3 is 2.26 bits per heavy atom.